The molecule has 3 saturated carbocycles. The second-order valence-electron chi connectivity index (χ2n) is 5.11. The molecule has 0 N–H and O–H groups in total. The van der Waals surface area contributed by atoms with Crippen LogP contribution in [0.3, 0.4) is 0 Å². The first-order valence-electron chi connectivity index (χ1n) is 5.42. The summed E-state index contributed by atoms with van der Waals surface area (Å²) in [5.74, 6) is 4.70. The smallest absolute Gasteiger partial charge is 0.0380 e. The second kappa shape index (κ2) is 2.24. The lowest BCUT2D eigenvalue weighted by molar-refractivity contribution is 0.372. The molecule has 0 aromatic rings. The van der Waals surface area contributed by atoms with Gasteiger partial charge >= 0.3 is 0 Å². The largest absolute Gasteiger partial charge is 0.0502 e. The highest BCUT2D eigenvalue weighted by Gasteiger charge is 2.42. The van der Waals surface area contributed by atoms with Gasteiger partial charge in [0, 0.05) is 0 Å². The minimum absolute atomic E-state index is 1.15. The topological polar surface area (TPSA) is 0 Å². The van der Waals surface area contributed by atoms with E-state index in [0.29, 0.717) is 0 Å². The van der Waals surface area contributed by atoms with Gasteiger partial charge < -0.3 is 0 Å². The van der Waals surface area contributed by atoms with Crippen LogP contribution in [-0.4, -0.2) is 0 Å². The fourth-order valence-electron chi connectivity index (χ4n) is 3.49. The van der Waals surface area contributed by atoms with Gasteiger partial charge in [0.15, 0.2) is 0 Å². The predicted octanol–water partition coefficient (Wildman–Crippen LogP) is 3.22. The van der Waals surface area contributed by atoms with E-state index in [2.05, 4.69) is 0 Å². The number of hydrogen-bond donors (Lipinski definition) is 0. The molecule has 0 aromatic heterocycles. The molecular weight excluding hydrogens is 132 g/mol. The van der Waals surface area contributed by atoms with E-state index in [1.165, 1.54) is 11.8 Å². The molecular formula is C11H18. The summed E-state index contributed by atoms with van der Waals surface area (Å²) in [7, 11) is 0. The van der Waals surface area contributed by atoms with E-state index in [1.54, 1.807) is 44.9 Å². The molecule has 3 aliphatic rings. The van der Waals surface area contributed by atoms with Crippen LogP contribution in [0.15, 0.2) is 0 Å². The van der Waals surface area contributed by atoms with E-state index in [-0.39, 0.29) is 0 Å². The van der Waals surface area contributed by atoms with E-state index in [1.807, 2.05) is 0 Å². The van der Waals surface area contributed by atoms with Gasteiger partial charge in [0.2, 0.25) is 0 Å². The number of rotatable bonds is 0. The van der Waals surface area contributed by atoms with Crippen molar-refractivity contribution in [3.05, 3.63) is 0 Å². The van der Waals surface area contributed by atoms with Crippen LogP contribution in [0.1, 0.15) is 44.9 Å². The highest BCUT2D eigenvalue weighted by Crippen LogP contribution is 2.53. The fourth-order valence-corrected chi connectivity index (χ4v) is 3.49. The van der Waals surface area contributed by atoms with Gasteiger partial charge in [-0.3, -0.25) is 0 Å². The molecule has 0 heteroatoms. The highest BCUT2D eigenvalue weighted by molar-refractivity contribution is 4.92. The lowest BCUT2D eigenvalue weighted by atomic mass is 9.92. The van der Waals surface area contributed by atoms with Crippen molar-refractivity contribution < 1.29 is 0 Å². The van der Waals surface area contributed by atoms with Crippen molar-refractivity contribution in [2.24, 2.45) is 23.7 Å². The van der Waals surface area contributed by atoms with Gasteiger partial charge in [-0.25, -0.2) is 0 Å². The molecule has 0 nitrogen and oxygen atoms in total. The predicted molar refractivity (Wildman–Crippen MR) is 46.3 cm³/mol. The third kappa shape index (κ3) is 1.11. The molecule has 62 valence electrons. The lowest BCUT2D eigenvalue weighted by Crippen LogP contribution is -2.03. The molecule has 0 heterocycles. The Labute approximate surface area is 69.4 Å². The van der Waals surface area contributed by atoms with E-state index in [0.717, 1.165) is 11.8 Å². The molecule has 0 amide bonds. The van der Waals surface area contributed by atoms with Crippen LogP contribution >= 0.6 is 0 Å². The van der Waals surface area contributed by atoms with Crippen LogP contribution in [0.5, 0.6) is 0 Å². The Balaban J connectivity index is 1.73. The maximum atomic E-state index is 1.61. The number of fused-ring (bicyclic) bond motifs is 3. The average molecular weight is 150 g/mol. The van der Waals surface area contributed by atoms with E-state index in [4.69, 9.17) is 0 Å². The summed E-state index contributed by atoms with van der Waals surface area (Å²) in [5.41, 5.74) is 0. The Bertz CT molecular complexity index is 161. The van der Waals surface area contributed by atoms with Crippen LogP contribution in [0.25, 0.3) is 0 Å². The molecule has 0 saturated heterocycles. The summed E-state index contributed by atoms with van der Waals surface area (Å²) in [4.78, 5) is 0. The van der Waals surface area contributed by atoms with E-state index >= 15 is 0 Å². The summed E-state index contributed by atoms with van der Waals surface area (Å²) in [6.07, 6.45) is 11.1. The molecule has 0 spiro atoms. The van der Waals surface area contributed by atoms with Gasteiger partial charge in [-0.1, -0.05) is 19.3 Å². The van der Waals surface area contributed by atoms with Gasteiger partial charge in [0.05, 0.1) is 0 Å². The van der Waals surface area contributed by atoms with Crippen molar-refractivity contribution in [1.29, 1.82) is 0 Å². The Kier molecular flexibility index (Phi) is 1.33. The molecule has 2 bridgehead atoms. The summed E-state index contributed by atoms with van der Waals surface area (Å²) in [6, 6.07) is 0. The molecule has 3 aliphatic carbocycles. The Morgan fingerprint density at radius 1 is 0.545 bits per heavy atom. The van der Waals surface area contributed by atoms with Crippen molar-refractivity contribution in [2.75, 3.05) is 0 Å². The maximum absolute atomic E-state index is 1.61. The first-order chi connectivity index (χ1) is 5.42. The van der Waals surface area contributed by atoms with Gasteiger partial charge in [0.1, 0.15) is 0 Å². The maximum Gasteiger partial charge on any atom is -0.0380 e. The van der Waals surface area contributed by atoms with Gasteiger partial charge in [-0.15, -0.1) is 0 Å². The van der Waals surface area contributed by atoms with E-state index in [9.17, 15) is 0 Å². The third-order valence-electron chi connectivity index (χ3n) is 4.30. The summed E-state index contributed by atoms with van der Waals surface area (Å²) >= 11 is 0. The third-order valence-corrected chi connectivity index (χ3v) is 4.30. The van der Waals surface area contributed by atoms with E-state index < -0.39 is 0 Å². The minimum atomic E-state index is 1.15. The molecule has 4 unspecified atom stereocenters. The first kappa shape index (κ1) is 6.51. The number of hydrogen-bond acceptors (Lipinski definition) is 0. The molecule has 0 radical (unpaired) electrons. The Hall–Kier alpha value is 0. The SMILES string of the molecule is C1CC2CC1CCC1CC1C2. The van der Waals surface area contributed by atoms with Crippen molar-refractivity contribution in [3.8, 4) is 0 Å². The van der Waals surface area contributed by atoms with Crippen LogP contribution in [-0.2, 0) is 0 Å². The van der Waals surface area contributed by atoms with Crippen molar-refractivity contribution in [2.45, 2.75) is 44.9 Å². The fraction of sp³-hybridized carbons (Fsp3) is 1.00. The zero-order valence-corrected chi connectivity index (χ0v) is 7.26. The average Bonchev–Trinajstić information content (AvgIpc) is 2.55. The Morgan fingerprint density at radius 3 is 2.36 bits per heavy atom. The summed E-state index contributed by atoms with van der Waals surface area (Å²) in [5, 5.41) is 0. The van der Waals surface area contributed by atoms with Crippen LogP contribution in [0, 0.1) is 23.7 Å². The zero-order chi connectivity index (χ0) is 7.26. The normalized spacial score (nSPS) is 54.5. The Morgan fingerprint density at radius 2 is 1.36 bits per heavy atom. The molecule has 4 atom stereocenters. The highest BCUT2D eigenvalue weighted by atomic mass is 14.5. The van der Waals surface area contributed by atoms with Crippen LogP contribution in [0.2, 0.25) is 0 Å². The minimum Gasteiger partial charge on any atom is -0.0502 e. The van der Waals surface area contributed by atoms with Gasteiger partial charge in [-0.2, -0.15) is 0 Å². The molecule has 3 rings (SSSR count). The second-order valence-corrected chi connectivity index (χ2v) is 5.11. The van der Waals surface area contributed by atoms with Gasteiger partial charge in [-0.05, 0) is 49.4 Å². The van der Waals surface area contributed by atoms with Gasteiger partial charge in [0.25, 0.3) is 0 Å². The summed E-state index contributed by atoms with van der Waals surface area (Å²) < 4.78 is 0. The lowest BCUT2D eigenvalue weighted by Gasteiger charge is -2.14. The summed E-state index contributed by atoms with van der Waals surface area (Å²) in [6.45, 7) is 0. The zero-order valence-electron chi connectivity index (χ0n) is 7.26. The quantitative estimate of drug-likeness (QED) is 0.497. The molecule has 11 heavy (non-hydrogen) atoms. The molecule has 0 aromatic carbocycles. The monoisotopic (exact) mass is 150 g/mol. The van der Waals surface area contributed by atoms with Crippen molar-refractivity contribution >= 4 is 0 Å². The van der Waals surface area contributed by atoms with Crippen LogP contribution < -0.4 is 0 Å². The van der Waals surface area contributed by atoms with Crippen molar-refractivity contribution in [3.63, 3.8) is 0 Å². The molecule has 0 aliphatic heterocycles. The molecule has 3 fully saturated rings. The van der Waals surface area contributed by atoms with Crippen molar-refractivity contribution in [1.82, 2.24) is 0 Å². The standard InChI is InChI=1S/C11H18/c1-2-9-5-8(1)3-4-10-7-11(10)6-9/h8-11H,1-7H2. The van der Waals surface area contributed by atoms with Crippen LogP contribution in [0.4, 0.5) is 0 Å². The first-order valence-corrected chi connectivity index (χ1v) is 5.42.